The summed E-state index contributed by atoms with van der Waals surface area (Å²) in [6.45, 7) is 1.08. The predicted octanol–water partition coefficient (Wildman–Crippen LogP) is 4.94. The van der Waals surface area contributed by atoms with Crippen molar-refractivity contribution >= 4 is 22.7 Å². The largest absolute Gasteiger partial charge is 0.416 e. The molecule has 0 spiro atoms. The average Bonchev–Trinajstić information content (AvgIpc) is 3.52. The number of thioether (sulfide) groups is 1. The summed E-state index contributed by atoms with van der Waals surface area (Å²) in [6.07, 6.45) is -2.63. The molecule has 0 radical (unpaired) electrons. The third kappa shape index (κ3) is 4.71. The molecular formula is C23H19F3N4O3S. The summed E-state index contributed by atoms with van der Waals surface area (Å²) in [4.78, 5) is 22.1. The minimum Gasteiger partial charge on any atom is -0.376 e. The zero-order valence-electron chi connectivity index (χ0n) is 17.8. The van der Waals surface area contributed by atoms with Gasteiger partial charge in [0.25, 0.3) is 5.56 Å². The Hall–Kier alpha value is -3.18. The van der Waals surface area contributed by atoms with E-state index in [1.54, 1.807) is 22.8 Å². The molecule has 1 saturated heterocycles. The van der Waals surface area contributed by atoms with Gasteiger partial charge in [-0.3, -0.25) is 9.36 Å². The summed E-state index contributed by atoms with van der Waals surface area (Å²) in [6, 6.07) is 11.7. The van der Waals surface area contributed by atoms with E-state index < -0.39 is 11.7 Å². The second-order valence-electron chi connectivity index (χ2n) is 7.84. The van der Waals surface area contributed by atoms with Crippen molar-refractivity contribution in [3.05, 3.63) is 70.3 Å². The van der Waals surface area contributed by atoms with E-state index in [4.69, 9.17) is 9.26 Å². The molecule has 176 valence electrons. The second-order valence-corrected chi connectivity index (χ2v) is 8.78. The Kier molecular flexibility index (Phi) is 6.13. The zero-order chi connectivity index (χ0) is 23.7. The van der Waals surface area contributed by atoms with E-state index in [2.05, 4.69) is 15.1 Å². The molecule has 1 unspecified atom stereocenters. The summed E-state index contributed by atoms with van der Waals surface area (Å²) in [5.74, 6) is 0.697. The maximum Gasteiger partial charge on any atom is 0.416 e. The van der Waals surface area contributed by atoms with Crippen molar-refractivity contribution in [1.82, 2.24) is 19.7 Å². The van der Waals surface area contributed by atoms with Gasteiger partial charge in [-0.25, -0.2) is 4.98 Å². The minimum atomic E-state index is -4.41. The first-order valence-electron chi connectivity index (χ1n) is 10.6. The summed E-state index contributed by atoms with van der Waals surface area (Å²) < 4.78 is 51.0. The molecule has 34 heavy (non-hydrogen) atoms. The van der Waals surface area contributed by atoms with E-state index in [1.165, 1.54) is 23.9 Å². The first kappa shape index (κ1) is 22.6. The first-order chi connectivity index (χ1) is 16.4. The van der Waals surface area contributed by atoms with E-state index in [0.717, 1.165) is 25.0 Å². The van der Waals surface area contributed by atoms with Gasteiger partial charge in [0.1, 0.15) is 0 Å². The molecule has 0 amide bonds. The van der Waals surface area contributed by atoms with Crippen LogP contribution in [0.1, 0.15) is 24.3 Å². The SMILES string of the molecule is O=c1c2ccccc2nc(SCc2nc(-c3ccc(C(F)(F)F)cc3)no2)n1CC1CCCO1. The van der Waals surface area contributed by atoms with E-state index in [1.807, 2.05) is 6.07 Å². The lowest BCUT2D eigenvalue weighted by Crippen LogP contribution is -2.28. The average molecular weight is 488 g/mol. The normalized spacial score (nSPS) is 16.4. The van der Waals surface area contributed by atoms with Crippen molar-refractivity contribution in [3.8, 4) is 11.4 Å². The monoisotopic (exact) mass is 488 g/mol. The lowest BCUT2D eigenvalue weighted by Gasteiger charge is -2.16. The number of para-hydroxylation sites is 1. The Morgan fingerprint density at radius 1 is 1.09 bits per heavy atom. The quantitative estimate of drug-likeness (QED) is 0.281. The Bertz CT molecular complexity index is 1360. The van der Waals surface area contributed by atoms with Gasteiger partial charge in [-0.1, -0.05) is 41.2 Å². The number of nitrogens with zero attached hydrogens (tertiary/aromatic N) is 4. The van der Waals surface area contributed by atoms with Crippen molar-refractivity contribution in [2.75, 3.05) is 6.61 Å². The smallest absolute Gasteiger partial charge is 0.376 e. The van der Waals surface area contributed by atoms with Crippen LogP contribution < -0.4 is 5.56 Å². The van der Waals surface area contributed by atoms with Crippen LogP contribution in [-0.2, 0) is 23.2 Å². The van der Waals surface area contributed by atoms with E-state index >= 15 is 0 Å². The highest BCUT2D eigenvalue weighted by molar-refractivity contribution is 7.98. The molecule has 2 aromatic heterocycles. The van der Waals surface area contributed by atoms with Crippen molar-refractivity contribution < 1.29 is 22.4 Å². The molecule has 0 bridgehead atoms. The van der Waals surface area contributed by atoms with Gasteiger partial charge in [0.15, 0.2) is 5.16 Å². The Balaban J connectivity index is 1.38. The number of hydrogen-bond acceptors (Lipinski definition) is 7. The summed E-state index contributed by atoms with van der Waals surface area (Å²) in [5.41, 5.74) is 0.114. The van der Waals surface area contributed by atoms with Crippen molar-refractivity contribution in [2.24, 2.45) is 0 Å². The lowest BCUT2D eigenvalue weighted by molar-refractivity contribution is -0.137. The Labute approximate surface area is 196 Å². The molecule has 11 heteroatoms. The van der Waals surface area contributed by atoms with Crippen LogP contribution in [0.15, 0.2) is 63.0 Å². The van der Waals surface area contributed by atoms with Gasteiger partial charge in [0.2, 0.25) is 11.7 Å². The maximum absolute atomic E-state index is 13.2. The van der Waals surface area contributed by atoms with Crippen LogP contribution in [0.3, 0.4) is 0 Å². The van der Waals surface area contributed by atoms with E-state index in [-0.39, 0.29) is 29.1 Å². The molecule has 2 aromatic carbocycles. The third-order valence-electron chi connectivity index (χ3n) is 5.50. The number of benzene rings is 2. The van der Waals surface area contributed by atoms with Crippen molar-refractivity contribution in [2.45, 2.75) is 42.6 Å². The first-order valence-corrected chi connectivity index (χ1v) is 11.6. The minimum absolute atomic E-state index is 0.0466. The molecule has 3 heterocycles. The summed E-state index contributed by atoms with van der Waals surface area (Å²) >= 11 is 1.28. The number of alkyl halides is 3. The number of hydrogen-bond donors (Lipinski definition) is 0. The molecule has 0 N–H and O–H groups in total. The van der Waals surface area contributed by atoms with Crippen LogP contribution >= 0.6 is 11.8 Å². The van der Waals surface area contributed by atoms with Crippen LogP contribution in [0.2, 0.25) is 0 Å². The van der Waals surface area contributed by atoms with Gasteiger partial charge in [-0.2, -0.15) is 18.2 Å². The molecule has 0 aliphatic carbocycles. The topological polar surface area (TPSA) is 83.0 Å². The standard InChI is InChI=1S/C23H19F3N4O3S/c24-23(25,26)15-9-7-14(8-10-15)20-28-19(33-29-20)13-34-22-27-18-6-2-1-5-17(18)21(31)30(22)12-16-4-3-11-32-16/h1-2,5-10,16H,3-4,11-13H2. The molecule has 1 aliphatic rings. The fourth-order valence-electron chi connectivity index (χ4n) is 3.78. The van der Waals surface area contributed by atoms with Crippen molar-refractivity contribution in [1.29, 1.82) is 0 Å². The number of halogens is 3. The maximum atomic E-state index is 13.2. The van der Waals surface area contributed by atoms with Gasteiger partial charge in [0, 0.05) is 12.2 Å². The predicted molar refractivity (Wildman–Crippen MR) is 119 cm³/mol. The zero-order valence-corrected chi connectivity index (χ0v) is 18.6. The summed E-state index contributed by atoms with van der Waals surface area (Å²) in [7, 11) is 0. The molecule has 1 aliphatic heterocycles. The molecular weight excluding hydrogens is 469 g/mol. The van der Waals surface area contributed by atoms with Gasteiger partial charge in [-0.05, 0) is 37.1 Å². The molecule has 4 aromatic rings. The lowest BCUT2D eigenvalue weighted by atomic mass is 10.1. The van der Waals surface area contributed by atoms with E-state index in [0.29, 0.717) is 34.8 Å². The molecule has 5 rings (SSSR count). The van der Waals surface area contributed by atoms with E-state index in [9.17, 15) is 18.0 Å². The van der Waals surface area contributed by atoms with Crippen LogP contribution in [0, 0.1) is 0 Å². The number of aromatic nitrogens is 4. The fraction of sp³-hybridized carbons (Fsp3) is 0.304. The summed E-state index contributed by atoms with van der Waals surface area (Å²) in [5, 5.41) is 4.92. The van der Waals surface area contributed by atoms with Crippen LogP contribution in [0.4, 0.5) is 13.2 Å². The molecule has 0 saturated carbocycles. The van der Waals surface area contributed by atoms with Gasteiger partial charge >= 0.3 is 6.18 Å². The van der Waals surface area contributed by atoms with Crippen LogP contribution in [-0.4, -0.2) is 32.4 Å². The number of rotatable bonds is 6. The van der Waals surface area contributed by atoms with Crippen LogP contribution in [0.5, 0.6) is 0 Å². The highest BCUT2D eigenvalue weighted by atomic mass is 32.2. The van der Waals surface area contributed by atoms with Gasteiger partial charge in [-0.15, -0.1) is 0 Å². The highest BCUT2D eigenvalue weighted by Crippen LogP contribution is 2.31. The Morgan fingerprint density at radius 2 is 1.88 bits per heavy atom. The highest BCUT2D eigenvalue weighted by Gasteiger charge is 2.30. The number of fused-ring (bicyclic) bond motifs is 1. The van der Waals surface area contributed by atoms with Crippen molar-refractivity contribution in [3.63, 3.8) is 0 Å². The third-order valence-corrected chi connectivity index (χ3v) is 6.46. The Morgan fingerprint density at radius 3 is 2.62 bits per heavy atom. The molecule has 1 atom stereocenters. The number of ether oxygens (including phenoxy) is 1. The second kappa shape index (κ2) is 9.22. The fourth-order valence-corrected chi connectivity index (χ4v) is 4.62. The molecule has 7 nitrogen and oxygen atoms in total. The van der Waals surface area contributed by atoms with Gasteiger partial charge < -0.3 is 9.26 Å². The van der Waals surface area contributed by atoms with Gasteiger partial charge in [0.05, 0.1) is 34.9 Å². The molecule has 1 fully saturated rings. The van der Waals surface area contributed by atoms with Crippen LogP contribution in [0.25, 0.3) is 22.3 Å².